The van der Waals surface area contributed by atoms with Crippen LogP contribution in [0.4, 0.5) is 18.9 Å². The Labute approximate surface area is 192 Å². The first-order valence-corrected chi connectivity index (χ1v) is 11.7. The van der Waals surface area contributed by atoms with Crippen LogP contribution in [0.3, 0.4) is 0 Å². The van der Waals surface area contributed by atoms with E-state index >= 15 is 0 Å². The van der Waals surface area contributed by atoms with Gasteiger partial charge in [-0.3, -0.25) is 19.7 Å². The number of benzene rings is 1. The lowest BCUT2D eigenvalue weighted by Crippen LogP contribution is -2.36. The molecule has 0 bridgehead atoms. The van der Waals surface area contributed by atoms with E-state index in [1.165, 1.54) is 33.7 Å². The second-order valence-corrected chi connectivity index (χ2v) is 9.46. The summed E-state index contributed by atoms with van der Waals surface area (Å²) in [6, 6.07) is 4.50. The van der Waals surface area contributed by atoms with Gasteiger partial charge in [0.2, 0.25) is 5.91 Å². The molecular formula is C17H18ClF3N2O7S2. The van der Waals surface area contributed by atoms with E-state index in [4.69, 9.17) is 26.6 Å². The van der Waals surface area contributed by atoms with E-state index in [0.29, 0.717) is 36.5 Å². The van der Waals surface area contributed by atoms with E-state index in [-0.39, 0.29) is 23.0 Å². The molecule has 1 fully saturated rings. The van der Waals surface area contributed by atoms with Crippen LogP contribution in [0.2, 0.25) is 5.02 Å². The third-order valence-corrected chi connectivity index (χ3v) is 6.80. The first kappa shape index (κ1) is 27.8. The Bertz CT molecular complexity index is 867. The van der Waals surface area contributed by atoms with Crippen LogP contribution >= 0.6 is 33.2 Å². The van der Waals surface area contributed by atoms with Crippen LogP contribution in [-0.2, 0) is 19.8 Å². The molecule has 2 rings (SSSR count). The predicted octanol–water partition coefficient (Wildman–Crippen LogP) is 3.89. The van der Waals surface area contributed by atoms with E-state index < -0.39 is 28.5 Å². The smallest absolute Gasteiger partial charge is 0.481 e. The van der Waals surface area contributed by atoms with Gasteiger partial charge >= 0.3 is 18.1 Å². The van der Waals surface area contributed by atoms with Crippen molar-refractivity contribution in [3.63, 3.8) is 0 Å². The van der Waals surface area contributed by atoms with Gasteiger partial charge < -0.3 is 15.5 Å². The van der Waals surface area contributed by atoms with Crippen molar-refractivity contribution in [1.29, 1.82) is 0 Å². The largest absolute Gasteiger partial charge is 0.490 e. The topological polar surface area (TPSA) is 147 Å². The molecule has 0 spiro atoms. The molecule has 0 aliphatic heterocycles. The molecule has 0 heterocycles. The summed E-state index contributed by atoms with van der Waals surface area (Å²) in [5.74, 6) is -2.54. The molecule has 1 aromatic rings. The number of nitrogens with one attached hydrogen (secondary N) is 1. The van der Waals surface area contributed by atoms with Crippen LogP contribution in [0.1, 0.15) is 24.8 Å². The number of amides is 1. The maximum Gasteiger partial charge on any atom is 0.490 e. The van der Waals surface area contributed by atoms with E-state index in [2.05, 4.69) is 5.32 Å². The Balaban J connectivity index is 0.000000633. The van der Waals surface area contributed by atoms with Crippen molar-refractivity contribution in [3.8, 4) is 0 Å². The number of carbonyl (C=O) groups is 3. The minimum absolute atomic E-state index is 0.0553. The molecule has 1 saturated carbocycles. The third kappa shape index (κ3) is 8.74. The molecule has 3 N–H and O–H groups in total. The molecule has 0 atom stereocenters. The molecule has 1 amide bonds. The Morgan fingerprint density at radius 3 is 2.22 bits per heavy atom. The zero-order valence-electron chi connectivity index (χ0n) is 16.2. The fourth-order valence-electron chi connectivity index (χ4n) is 2.34. The number of nitrogens with zero attached hydrogens (tertiary/aromatic N) is 1. The highest BCUT2D eigenvalue weighted by molar-refractivity contribution is 8.76. The Morgan fingerprint density at radius 2 is 1.75 bits per heavy atom. The van der Waals surface area contributed by atoms with Crippen molar-refractivity contribution in [3.05, 3.63) is 38.9 Å². The number of carboxylic acid groups (broad SMARTS) is 2. The standard InChI is InChI=1S/C15H17ClN2O5S2.C2HF3O2/c16-11-2-1-10(9-12(11)18(22)23)15(4-5-15)14(21)17-6-8-25-24-7-3-13(19)20;3-2(4,5)1(6)7/h1-2,9H,3-8H2,(H,17,21)(H,19,20);(H,6,7). The monoisotopic (exact) mass is 518 g/mol. The van der Waals surface area contributed by atoms with Gasteiger partial charge in [0.05, 0.1) is 16.8 Å². The molecule has 178 valence electrons. The summed E-state index contributed by atoms with van der Waals surface area (Å²) < 4.78 is 31.7. The van der Waals surface area contributed by atoms with Crippen molar-refractivity contribution in [2.75, 3.05) is 18.1 Å². The van der Waals surface area contributed by atoms with Crippen LogP contribution in [0.5, 0.6) is 0 Å². The maximum absolute atomic E-state index is 12.5. The van der Waals surface area contributed by atoms with Crippen molar-refractivity contribution < 1.29 is 42.7 Å². The number of nitro groups is 1. The summed E-state index contributed by atoms with van der Waals surface area (Å²) in [5, 5.41) is 29.6. The number of rotatable bonds is 10. The number of halogens is 4. The van der Waals surface area contributed by atoms with Gasteiger partial charge in [-0.2, -0.15) is 13.2 Å². The fraction of sp³-hybridized carbons (Fsp3) is 0.471. The first-order chi connectivity index (χ1) is 14.8. The summed E-state index contributed by atoms with van der Waals surface area (Å²) in [7, 11) is 2.96. The van der Waals surface area contributed by atoms with Gasteiger partial charge in [-0.15, -0.1) is 0 Å². The summed E-state index contributed by atoms with van der Waals surface area (Å²) in [4.78, 5) is 42.2. The number of alkyl halides is 3. The molecule has 1 aliphatic carbocycles. The predicted molar refractivity (Wildman–Crippen MR) is 113 cm³/mol. The average Bonchev–Trinajstić information content (AvgIpc) is 3.48. The van der Waals surface area contributed by atoms with Crippen LogP contribution in [0, 0.1) is 10.1 Å². The molecule has 1 aromatic carbocycles. The minimum Gasteiger partial charge on any atom is -0.481 e. The highest BCUT2D eigenvalue weighted by atomic mass is 35.5. The van der Waals surface area contributed by atoms with Gasteiger partial charge in [-0.05, 0) is 24.5 Å². The Kier molecular flexibility index (Phi) is 10.6. The first-order valence-electron chi connectivity index (χ1n) is 8.80. The molecule has 0 unspecified atom stereocenters. The maximum atomic E-state index is 12.5. The SMILES string of the molecule is O=C(O)C(F)(F)F.O=C(O)CCSSCCNC(=O)C1(c2ccc(Cl)c([N+](=O)[O-])c2)CC1. The lowest BCUT2D eigenvalue weighted by atomic mass is 9.94. The summed E-state index contributed by atoms with van der Waals surface area (Å²) >= 11 is 5.82. The number of nitro benzene ring substituents is 1. The number of aliphatic carboxylic acids is 2. The second-order valence-electron chi connectivity index (χ2n) is 6.35. The van der Waals surface area contributed by atoms with E-state index in [1.54, 1.807) is 6.07 Å². The zero-order valence-corrected chi connectivity index (χ0v) is 18.6. The quantitative estimate of drug-likeness (QED) is 0.181. The molecule has 9 nitrogen and oxygen atoms in total. The van der Waals surface area contributed by atoms with E-state index in [1.807, 2.05) is 0 Å². The Hall–Kier alpha value is -2.19. The number of carbonyl (C=O) groups excluding carboxylic acids is 1. The van der Waals surface area contributed by atoms with Crippen LogP contribution in [0.15, 0.2) is 18.2 Å². The van der Waals surface area contributed by atoms with E-state index in [9.17, 15) is 32.9 Å². The van der Waals surface area contributed by atoms with Crippen LogP contribution < -0.4 is 5.32 Å². The van der Waals surface area contributed by atoms with E-state index in [0.717, 1.165) is 0 Å². The number of carboxylic acids is 2. The molecule has 0 radical (unpaired) electrons. The normalized spacial score (nSPS) is 14.0. The van der Waals surface area contributed by atoms with Gasteiger partial charge in [0.1, 0.15) is 5.02 Å². The van der Waals surface area contributed by atoms with Crippen molar-refractivity contribution >= 4 is 56.7 Å². The van der Waals surface area contributed by atoms with Crippen LogP contribution in [-0.4, -0.2) is 57.2 Å². The van der Waals surface area contributed by atoms with Gasteiger partial charge in [0.25, 0.3) is 5.69 Å². The molecule has 0 aromatic heterocycles. The van der Waals surface area contributed by atoms with Crippen molar-refractivity contribution in [2.45, 2.75) is 30.9 Å². The average molecular weight is 519 g/mol. The molecule has 32 heavy (non-hydrogen) atoms. The van der Waals surface area contributed by atoms with Crippen molar-refractivity contribution in [1.82, 2.24) is 5.32 Å². The van der Waals surface area contributed by atoms with Crippen LogP contribution in [0.25, 0.3) is 0 Å². The Morgan fingerprint density at radius 1 is 1.19 bits per heavy atom. The third-order valence-electron chi connectivity index (χ3n) is 4.08. The summed E-state index contributed by atoms with van der Waals surface area (Å²) in [6.07, 6.45) is -3.67. The molecular weight excluding hydrogens is 501 g/mol. The lowest BCUT2D eigenvalue weighted by molar-refractivity contribution is -0.384. The van der Waals surface area contributed by atoms with Gasteiger partial charge in [0, 0.05) is 24.1 Å². The van der Waals surface area contributed by atoms with Gasteiger partial charge in [-0.25, -0.2) is 4.79 Å². The zero-order chi connectivity index (χ0) is 24.5. The molecule has 0 saturated heterocycles. The number of hydrogen-bond donors (Lipinski definition) is 3. The molecule has 15 heteroatoms. The van der Waals surface area contributed by atoms with Gasteiger partial charge in [-0.1, -0.05) is 39.3 Å². The lowest BCUT2D eigenvalue weighted by Gasteiger charge is -2.15. The highest BCUT2D eigenvalue weighted by Crippen LogP contribution is 2.49. The number of hydrogen-bond acceptors (Lipinski definition) is 7. The van der Waals surface area contributed by atoms with Crippen molar-refractivity contribution in [2.24, 2.45) is 0 Å². The molecule has 1 aliphatic rings. The summed E-state index contributed by atoms with van der Waals surface area (Å²) in [6.45, 7) is 0.459. The summed E-state index contributed by atoms with van der Waals surface area (Å²) in [5.41, 5.74) is -0.274. The van der Waals surface area contributed by atoms with Gasteiger partial charge in [0.15, 0.2) is 0 Å². The second kappa shape index (κ2) is 12.2. The minimum atomic E-state index is -5.08. The highest BCUT2D eigenvalue weighted by Gasteiger charge is 2.51. The fourth-order valence-corrected chi connectivity index (χ4v) is 4.42.